The maximum Gasteiger partial charge on any atom is 0.260 e. The fraction of sp³-hybridized carbons (Fsp3) is 0.833. The van der Waals surface area contributed by atoms with E-state index in [9.17, 15) is 9.18 Å². The summed E-state index contributed by atoms with van der Waals surface area (Å²) < 4.78 is 13.0. The van der Waals surface area contributed by atoms with Gasteiger partial charge in [-0.15, -0.1) is 0 Å². The molecule has 1 saturated heterocycles. The Bertz CT molecular complexity index is 145. The third-order valence-electron chi connectivity index (χ3n) is 1.55. The van der Waals surface area contributed by atoms with Gasteiger partial charge < -0.3 is 10.6 Å². The molecular weight excluding hydrogens is 135 g/mol. The van der Waals surface area contributed by atoms with Gasteiger partial charge in [0.25, 0.3) is 5.91 Å². The number of hydrogen-bond acceptors (Lipinski definition) is 2. The molecule has 2 N–H and O–H groups in total. The van der Waals surface area contributed by atoms with E-state index in [1.807, 2.05) is 0 Å². The number of rotatable bonds is 2. The van der Waals surface area contributed by atoms with Gasteiger partial charge in [-0.3, -0.25) is 4.79 Å². The largest absolute Gasteiger partial charge is 0.354 e. The Morgan fingerprint density at radius 2 is 2.40 bits per heavy atom. The average molecular weight is 146 g/mol. The highest BCUT2D eigenvalue weighted by Crippen LogP contribution is 2.15. The Labute approximate surface area is 59.0 Å². The van der Waals surface area contributed by atoms with Gasteiger partial charge >= 0.3 is 0 Å². The molecule has 0 aromatic carbocycles. The second kappa shape index (κ2) is 2.54. The van der Waals surface area contributed by atoms with Crippen molar-refractivity contribution < 1.29 is 9.18 Å². The van der Waals surface area contributed by atoms with Crippen LogP contribution in [0.3, 0.4) is 0 Å². The summed E-state index contributed by atoms with van der Waals surface area (Å²) in [6.45, 7) is 2.57. The van der Waals surface area contributed by atoms with Crippen molar-refractivity contribution in [2.75, 3.05) is 19.6 Å². The molecule has 0 spiro atoms. The predicted molar refractivity (Wildman–Crippen MR) is 35.4 cm³/mol. The topological polar surface area (TPSA) is 41.1 Å². The molecule has 3 nitrogen and oxygen atoms in total. The molecule has 0 aromatic heterocycles. The zero-order valence-electron chi connectivity index (χ0n) is 5.91. The van der Waals surface area contributed by atoms with Gasteiger partial charge in [-0.2, -0.15) is 0 Å². The second-order valence-electron chi connectivity index (χ2n) is 2.43. The lowest BCUT2D eigenvalue weighted by Crippen LogP contribution is -2.64. The third-order valence-corrected chi connectivity index (χ3v) is 1.55. The Balaban J connectivity index is 2.39. The van der Waals surface area contributed by atoms with Crippen LogP contribution in [0.15, 0.2) is 0 Å². The summed E-state index contributed by atoms with van der Waals surface area (Å²) in [5.41, 5.74) is -1.63. The van der Waals surface area contributed by atoms with Crippen LogP contribution in [0.1, 0.15) is 6.92 Å². The number of carbonyl (C=O) groups excluding carboxylic acids is 1. The first-order valence-electron chi connectivity index (χ1n) is 3.37. The van der Waals surface area contributed by atoms with Gasteiger partial charge in [0.1, 0.15) is 0 Å². The molecule has 0 bridgehead atoms. The minimum atomic E-state index is -1.63. The lowest BCUT2D eigenvalue weighted by atomic mass is 9.99. The Morgan fingerprint density at radius 3 is 2.70 bits per heavy atom. The van der Waals surface area contributed by atoms with Crippen molar-refractivity contribution >= 4 is 5.91 Å². The zero-order chi connectivity index (χ0) is 7.61. The molecule has 4 heteroatoms. The SMILES string of the molecule is CCNC(=O)C1(F)CNC1. The van der Waals surface area contributed by atoms with E-state index in [2.05, 4.69) is 10.6 Å². The summed E-state index contributed by atoms with van der Waals surface area (Å²) in [5, 5.41) is 5.14. The molecule has 0 atom stereocenters. The highest BCUT2D eigenvalue weighted by molar-refractivity contribution is 5.86. The van der Waals surface area contributed by atoms with Crippen LogP contribution in [0.25, 0.3) is 0 Å². The Morgan fingerprint density at radius 1 is 1.80 bits per heavy atom. The molecular formula is C6H11FN2O. The summed E-state index contributed by atoms with van der Waals surface area (Å²) in [7, 11) is 0. The van der Waals surface area contributed by atoms with Crippen LogP contribution in [0.5, 0.6) is 0 Å². The standard InChI is InChI=1S/C6H11FN2O/c1-2-9-5(10)6(7)3-8-4-6/h8H,2-4H2,1H3,(H,9,10). The molecule has 0 unspecified atom stereocenters. The van der Waals surface area contributed by atoms with E-state index in [0.717, 1.165) is 0 Å². The molecule has 58 valence electrons. The van der Waals surface area contributed by atoms with E-state index in [1.165, 1.54) is 0 Å². The highest BCUT2D eigenvalue weighted by atomic mass is 19.1. The van der Waals surface area contributed by atoms with E-state index in [0.29, 0.717) is 6.54 Å². The number of carbonyl (C=O) groups is 1. The first-order valence-corrected chi connectivity index (χ1v) is 3.37. The lowest BCUT2D eigenvalue weighted by molar-refractivity contribution is -0.135. The summed E-state index contributed by atoms with van der Waals surface area (Å²) in [6.07, 6.45) is 0. The normalized spacial score (nSPS) is 21.4. The number of amides is 1. The molecule has 1 amide bonds. The van der Waals surface area contributed by atoms with Crippen molar-refractivity contribution in [2.24, 2.45) is 0 Å². The van der Waals surface area contributed by atoms with Gasteiger partial charge in [0.15, 0.2) is 0 Å². The van der Waals surface area contributed by atoms with Crippen LogP contribution < -0.4 is 10.6 Å². The van der Waals surface area contributed by atoms with Crippen LogP contribution in [0.4, 0.5) is 4.39 Å². The van der Waals surface area contributed by atoms with Crippen molar-refractivity contribution in [3.05, 3.63) is 0 Å². The Hall–Kier alpha value is -0.640. The summed E-state index contributed by atoms with van der Waals surface area (Å²) >= 11 is 0. The van der Waals surface area contributed by atoms with Gasteiger partial charge in [0.05, 0.1) is 0 Å². The quantitative estimate of drug-likeness (QED) is 0.548. The van der Waals surface area contributed by atoms with Crippen LogP contribution in [-0.4, -0.2) is 31.2 Å². The van der Waals surface area contributed by atoms with Crippen molar-refractivity contribution in [3.8, 4) is 0 Å². The predicted octanol–water partition coefficient (Wildman–Crippen LogP) is -0.566. The molecule has 1 rings (SSSR count). The fourth-order valence-corrected chi connectivity index (χ4v) is 0.824. The first-order chi connectivity index (χ1) is 4.69. The molecule has 1 aliphatic heterocycles. The van der Waals surface area contributed by atoms with Crippen molar-refractivity contribution in [1.82, 2.24) is 10.6 Å². The van der Waals surface area contributed by atoms with Gasteiger partial charge in [-0.1, -0.05) is 0 Å². The molecule has 0 saturated carbocycles. The maximum atomic E-state index is 13.0. The second-order valence-corrected chi connectivity index (χ2v) is 2.43. The van der Waals surface area contributed by atoms with Gasteiger partial charge in [0, 0.05) is 19.6 Å². The van der Waals surface area contributed by atoms with E-state index < -0.39 is 11.6 Å². The van der Waals surface area contributed by atoms with Gasteiger partial charge in [-0.05, 0) is 6.92 Å². The van der Waals surface area contributed by atoms with E-state index in [4.69, 9.17) is 0 Å². The smallest absolute Gasteiger partial charge is 0.260 e. The van der Waals surface area contributed by atoms with E-state index >= 15 is 0 Å². The maximum absolute atomic E-state index is 13.0. The van der Waals surface area contributed by atoms with Crippen LogP contribution >= 0.6 is 0 Å². The summed E-state index contributed by atoms with van der Waals surface area (Å²) in [4.78, 5) is 10.8. The number of nitrogens with one attached hydrogen (secondary N) is 2. The van der Waals surface area contributed by atoms with E-state index in [-0.39, 0.29) is 13.1 Å². The molecule has 0 aliphatic carbocycles. The summed E-state index contributed by atoms with van der Waals surface area (Å²) in [5.74, 6) is -0.492. The zero-order valence-corrected chi connectivity index (χ0v) is 5.91. The van der Waals surface area contributed by atoms with Crippen molar-refractivity contribution in [3.63, 3.8) is 0 Å². The molecule has 1 heterocycles. The molecule has 10 heavy (non-hydrogen) atoms. The van der Waals surface area contributed by atoms with Gasteiger partial charge in [0.2, 0.25) is 5.67 Å². The lowest BCUT2D eigenvalue weighted by Gasteiger charge is -2.32. The fourth-order valence-electron chi connectivity index (χ4n) is 0.824. The van der Waals surface area contributed by atoms with Crippen LogP contribution in [0.2, 0.25) is 0 Å². The summed E-state index contributed by atoms with van der Waals surface area (Å²) in [6, 6.07) is 0. The molecule has 0 radical (unpaired) electrons. The van der Waals surface area contributed by atoms with Crippen LogP contribution in [-0.2, 0) is 4.79 Å². The van der Waals surface area contributed by atoms with Crippen LogP contribution in [0, 0.1) is 0 Å². The van der Waals surface area contributed by atoms with Crippen molar-refractivity contribution in [1.29, 1.82) is 0 Å². The average Bonchev–Trinajstić information content (AvgIpc) is 1.83. The minimum Gasteiger partial charge on any atom is -0.354 e. The molecule has 1 aliphatic rings. The highest BCUT2D eigenvalue weighted by Gasteiger charge is 2.44. The van der Waals surface area contributed by atoms with Gasteiger partial charge in [-0.25, -0.2) is 4.39 Å². The van der Waals surface area contributed by atoms with Crippen molar-refractivity contribution in [2.45, 2.75) is 12.6 Å². The molecule has 1 fully saturated rings. The first kappa shape index (κ1) is 7.47. The van der Waals surface area contributed by atoms with E-state index in [1.54, 1.807) is 6.92 Å². The molecule has 0 aromatic rings. The number of alkyl halides is 1. The number of halogens is 1. The monoisotopic (exact) mass is 146 g/mol. The third kappa shape index (κ3) is 1.11. The Kier molecular flexibility index (Phi) is 1.89. The minimum absolute atomic E-state index is 0.152. The number of hydrogen-bond donors (Lipinski definition) is 2.